The number of ether oxygens (including phenoxy) is 2. The van der Waals surface area contributed by atoms with E-state index >= 15 is 0 Å². The topological polar surface area (TPSA) is 50.8 Å². The zero-order chi connectivity index (χ0) is 15.1. The fourth-order valence-corrected chi connectivity index (χ4v) is 2.40. The highest BCUT2D eigenvalue weighted by molar-refractivity contribution is 5.89. The van der Waals surface area contributed by atoms with Crippen LogP contribution >= 0.6 is 0 Å². The van der Waals surface area contributed by atoms with Gasteiger partial charge in [0.1, 0.15) is 0 Å². The third-order valence-corrected chi connectivity index (χ3v) is 3.67. The lowest BCUT2D eigenvalue weighted by Gasteiger charge is -2.29. The monoisotopic (exact) mass is 292 g/mol. The lowest BCUT2D eigenvalue weighted by molar-refractivity contribution is 0.0343. The van der Waals surface area contributed by atoms with Gasteiger partial charge < -0.3 is 14.8 Å². The van der Waals surface area contributed by atoms with Crippen LogP contribution < -0.4 is 5.32 Å². The van der Waals surface area contributed by atoms with Gasteiger partial charge >= 0.3 is 5.97 Å². The van der Waals surface area contributed by atoms with Crippen LogP contribution in [0.1, 0.15) is 22.8 Å². The van der Waals surface area contributed by atoms with E-state index in [0.29, 0.717) is 11.6 Å². The van der Waals surface area contributed by atoms with E-state index in [1.807, 2.05) is 12.1 Å². The Balaban J connectivity index is 1.75. The molecule has 0 aromatic heterocycles. The Hall–Kier alpha value is -1.43. The molecule has 0 amide bonds. The van der Waals surface area contributed by atoms with Gasteiger partial charge in [-0.1, -0.05) is 12.1 Å². The molecule has 1 aliphatic rings. The minimum Gasteiger partial charge on any atom is -0.465 e. The molecule has 0 aliphatic carbocycles. The molecule has 1 N–H and O–H groups in total. The molecule has 21 heavy (non-hydrogen) atoms. The van der Waals surface area contributed by atoms with E-state index < -0.39 is 0 Å². The third-order valence-electron chi connectivity index (χ3n) is 3.67. The Morgan fingerprint density at radius 1 is 1.33 bits per heavy atom. The standard InChI is InChI=1S/C16H24N2O3/c1-13(12-18-7-9-21-10-8-18)17-11-14-3-5-15(6-4-14)16(19)20-2/h3-6,13,17H,7-12H2,1-2H3. The molecular weight excluding hydrogens is 268 g/mol. The first kappa shape index (κ1) is 15.9. The quantitative estimate of drug-likeness (QED) is 0.801. The molecular formula is C16H24N2O3. The van der Waals surface area contributed by atoms with Crippen molar-refractivity contribution in [3.8, 4) is 0 Å². The maximum absolute atomic E-state index is 11.4. The smallest absolute Gasteiger partial charge is 0.337 e. The van der Waals surface area contributed by atoms with Crippen molar-refractivity contribution < 1.29 is 14.3 Å². The molecule has 1 saturated heterocycles. The van der Waals surface area contributed by atoms with E-state index in [4.69, 9.17) is 4.74 Å². The summed E-state index contributed by atoms with van der Waals surface area (Å²) in [6, 6.07) is 7.94. The van der Waals surface area contributed by atoms with Crippen molar-refractivity contribution in [1.82, 2.24) is 10.2 Å². The van der Waals surface area contributed by atoms with Gasteiger partial charge in [-0.05, 0) is 24.6 Å². The molecule has 0 saturated carbocycles. The predicted octanol–water partition coefficient (Wildman–Crippen LogP) is 1.28. The molecule has 0 bridgehead atoms. The zero-order valence-electron chi connectivity index (χ0n) is 12.8. The Labute approximate surface area is 126 Å². The number of carbonyl (C=O) groups is 1. The van der Waals surface area contributed by atoms with Crippen molar-refractivity contribution in [2.75, 3.05) is 40.0 Å². The summed E-state index contributed by atoms with van der Waals surface area (Å²) < 4.78 is 10.0. The Kier molecular flexibility index (Phi) is 6.17. The van der Waals surface area contributed by atoms with Crippen LogP contribution in [0.3, 0.4) is 0 Å². The summed E-state index contributed by atoms with van der Waals surface area (Å²) in [4.78, 5) is 13.8. The summed E-state index contributed by atoms with van der Waals surface area (Å²) in [5.74, 6) is -0.296. The van der Waals surface area contributed by atoms with Crippen molar-refractivity contribution in [1.29, 1.82) is 0 Å². The number of rotatable bonds is 6. The van der Waals surface area contributed by atoms with Crippen LogP contribution in [0.2, 0.25) is 0 Å². The number of carbonyl (C=O) groups excluding carboxylic acids is 1. The number of hydrogen-bond acceptors (Lipinski definition) is 5. The molecule has 116 valence electrons. The summed E-state index contributed by atoms with van der Waals surface area (Å²) in [6.07, 6.45) is 0. The van der Waals surface area contributed by atoms with Crippen molar-refractivity contribution >= 4 is 5.97 Å². The highest BCUT2D eigenvalue weighted by atomic mass is 16.5. The molecule has 1 aromatic rings. The Morgan fingerprint density at radius 2 is 2.00 bits per heavy atom. The van der Waals surface area contributed by atoms with E-state index in [1.54, 1.807) is 12.1 Å². The summed E-state index contributed by atoms with van der Waals surface area (Å²) in [6.45, 7) is 7.72. The second-order valence-electron chi connectivity index (χ2n) is 5.38. The van der Waals surface area contributed by atoms with Crippen LogP contribution in [0.15, 0.2) is 24.3 Å². The van der Waals surface area contributed by atoms with Crippen molar-refractivity contribution in [2.24, 2.45) is 0 Å². The molecule has 2 rings (SSSR count). The largest absolute Gasteiger partial charge is 0.465 e. The van der Waals surface area contributed by atoms with Crippen LogP contribution in [0.25, 0.3) is 0 Å². The summed E-state index contributed by atoms with van der Waals surface area (Å²) in [5, 5.41) is 3.51. The molecule has 1 aromatic carbocycles. The fourth-order valence-electron chi connectivity index (χ4n) is 2.40. The van der Waals surface area contributed by atoms with Crippen molar-refractivity contribution in [2.45, 2.75) is 19.5 Å². The SMILES string of the molecule is COC(=O)c1ccc(CNC(C)CN2CCOCC2)cc1. The van der Waals surface area contributed by atoms with E-state index in [1.165, 1.54) is 7.11 Å². The lowest BCUT2D eigenvalue weighted by atomic mass is 10.1. The van der Waals surface area contributed by atoms with Gasteiger partial charge in [0, 0.05) is 32.2 Å². The first-order valence-corrected chi connectivity index (χ1v) is 7.40. The number of methoxy groups -OCH3 is 1. The van der Waals surface area contributed by atoms with E-state index in [2.05, 4.69) is 21.9 Å². The lowest BCUT2D eigenvalue weighted by Crippen LogP contribution is -2.44. The highest BCUT2D eigenvalue weighted by Gasteiger charge is 2.13. The summed E-state index contributed by atoms with van der Waals surface area (Å²) in [5.41, 5.74) is 1.75. The first-order valence-electron chi connectivity index (χ1n) is 7.40. The minimum atomic E-state index is -0.296. The van der Waals surface area contributed by atoms with Gasteiger partial charge in [-0.2, -0.15) is 0 Å². The molecule has 5 heteroatoms. The van der Waals surface area contributed by atoms with Gasteiger partial charge in [-0.25, -0.2) is 4.79 Å². The number of esters is 1. The third kappa shape index (κ3) is 5.12. The first-order chi connectivity index (χ1) is 10.2. The van der Waals surface area contributed by atoms with Crippen LogP contribution in [0.5, 0.6) is 0 Å². The predicted molar refractivity (Wildman–Crippen MR) is 81.3 cm³/mol. The van der Waals surface area contributed by atoms with Gasteiger partial charge in [0.15, 0.2) is 0 Å². The number of benzene rings is 1. The minimum absolute atomic E-state index is 0.296. The number of nitrogens with zero attached hydrogens (tertiary/aromatic N) is 1. The molecule has 1 heterocycles. The molecule has 0 radical (unpaired) electrons. The van der Waals surface area contributed by atoms with Crippen molar-refractivity contribution in [3.05, 3.63) is 35.4 Å². The van der Waals surface area contributed by atoms with Crippen LogP contribution in [0, 0.1) is 0 Å². The van der Waals surface area contributed by atoms with Gasteiger partial charge in [-0.3, -0.25) is 4.90 Å². The number of hydrogen-bond donors (Lipinski definition) is 1. The highest BCUT2D eigenvalue weighted by Crippen LogP contribution is 2.06. The van der Waals surface area contributed by atoms with E-state index in [9.17, 15) is 4.79 Å². The number of morpholine rings is 1. The van der Waals surface area contributed by atoms with E-state index in [-0.39, 0.29) is 5.97 Å². The fraction of sp³-hybridized carbons (Fsp3) is 0.562. The van der Waals surface area contributed by atoms with Crippen LogP contribution in [-0.2, 0) is 16.0 Å². The molecule has 1 aliphatic heterocycles. The normalized spacial score (nSPS) is 17.4. The maximum Gasteiger partial charge on any atom is 0.337 e. The second kappa shape index (κ2) is 8.12. The van der Waals surface area contributed by atoms with E-state index in [0.717, 1.165) is 45.0 Å². The maximum atomic E-state index is 11.4. The molecule has 0 spiro atoms. The van der Waals surface area contributed by atoms with Crippen LogP contribution in [0.4, 0.5) is 0 Å². The summed E-state index contributed by atoms with van der Waals surface area (Å²) in [7, 11) is 1.39. The Bertz CT molecular complexity index is 441. The van der Waals surface area contributed by atoms with Gasteiger partial charge in [-0.15, -0.1) is 0 Å². The summed E-state index contributed by atoms with van der Waals surface area (Å²) >= 11 is 0. The zero-order valence-corrected chi connectivity index (χ0v) is 12.8. The van der Waals surface area contributed by atoms with Crippen molar-refractivity contribution in [3.63, 3.8) is 0 Å². The molecule has 1 atom stereocenters. The Morgan fingerprint density at radius 3 is 2.62 bits per heavy atom. The average Bonchev–Trinajstić information content (AvgIpc) is 2.53. The molecule has 1 unspecified atom stereocenters. The van der Waals surface area contributed by atoms with Gasteiger partial charge in [0.05, 0.1) is 25.9 Å². The van der Waals surface area contributed by atoms with Gasteiger partial charge in [0.2, 0.25) is 0 Å². The second-order valence-corrected chi connectivity index (χ2v) is 5.38. The average molecular weight is 292 g/mol. The van der Waals surface area contributed by atoms with Crippen LogP contribution in [-0.4, -0.2) is 56.9 Å². The molecule has 1 fully saturated rings. The van der Waals surface area contributed by atoms with Gasteiger partial charge in [0.25, 0.3) is 0 Å². The molecule has 5 nitrogen and oxygen atoms in total. The number of nitrogens with one attached hydrogen (secondary N) is 1.